The van der Waals surface area contributed by atoms with Gasteiger partial charge in [-0.25, -0.2) is 0 Å². The van der Waals surface area contributed by atoms with E-state index in [1.807, 2.05) is 0 Å². The molecule has 0 radical (unpaired) electrons. The number of rotatable bonds is 2. The second-order valence-electron chi connectivity index (χ2n) is 1.10. The van der Waals surface area contributed by atoms with E-state index in [1.165, 1.54) is 0 Å². The Morgan fingerprint density at radius 3 is 2.56 bits per heavy atom. The molecule has 5 heteroatoms. The first-order valence-electron chi connectivity index (χ1n) is 2.08. The van der Waals surface area contributed by atoms with Gasteiger partial charge in [0.1, 0.15) is 0 Å². The maximum atomic E-state index is 11.2. The van der Waals surface area contributed by atoms with Crippen LogP contribution in [0.1, 0.15) is 0 Å². The molecule has 0 atom stereocenters. The number of hydrogen-bond acceptors (Lipinski definition) is 3. The largest absolute Gasteiger partial charge is 0.417 e. The van der Waals surface area contributed by atoms with Gasteiger partial charge in [0.25, 0.3) is 0 Å². The second-order valence-corrected chi connectivity index (χ2v) is 1.10. The van der Waals surface area contributed by atoms with E-state index >= 15 is 0 Å². The lowest BCUT2D eigenvalue weighted by molar-refractivity contribution is -0.0599. The number of nitrogens with two attached hydrogens (primary N) is 1. The minimum absolute atomic E-state index is 0.646. The van der Waals surface area contributed by atoms with Crippen LogP contribution in [-0.2, 0) is 4.74 Å². The van der Waals surface area contributed by atoms with E-state index in [2.05, 4.69) is 4.74 Å². The third kappa shape index (κ3) is 4.73. The third-order valence-electron chi connectivity index (χ3n) is 0.464. The normalized spacial score (nSPS) is 10.6. The lowest BCUT2D eigenvalue weighted by atomic mass is 10.6. The van der Waals surface area contributed by atoms with Crippen molar-refractivity contribution in [3.8, 4) is 0 Å². The van der Waals surface area contributed by atoms with Crippen LogP contribution in [0.15, 0.2) is 12.3 Å². The monoisotopic (exact) mass is 136 g/mol. The lowest BCUT2D eigenvalue weighted by Crippen LogP contribution is -2.05. The van der Waals surface area contributed by atoms with Crippen molar-refractivity contribution in [3.05, 3.63) is 12.3 Å². The zero-order valence-electron chi connectivity index (χ0n) is 4.47. The van der Waals surface area contributed by atoms with E-state index in [9.17, 15) is 8.78 Å². The smallest absolute Gasteiger partial charge is 0.388 e. The van der Waals surface area contributed by atoms with Crippen molar-refractivity contribution in [2.45, 2.75) is 6.61 Å². The molecule has 0 aliphatic rings. The van der Waals surface area contributed by atoms with Crippen molar-refractivity contribution < 1.29 is 13.5 Å². The molecule has 0 amide bonds. The zero-order valence-corrected chi connectivity index (χ0v) is 4.47. The number of hydrogen-bond donors (Lipinski definition) is 2. The average molecular weight is 136 g/mol. The summed E-state index contributed by atoms with van der Waals surface area (Å²) in [6, 6.07) is 0. The SMILES string of the molecule is N=C(/C=C\N)OC(F)F. The molecule has 0 aliphatic carbocycles. The van der Waals surface area contributed by atoms with E-state index in [1.54, 1.807) is 0 Å². The summed E-state index contributed by atoms with van der Waals surface area (Å²) < 4.78 is 25.9. The number of halogens is 2. The van der Waals surface area contributed by atoms with Gasteiger partial charge in [-0.2, -0.15) is 8.78 Å². The molecule has 3 nitrogen and oxygen atoms in total. The summed E-state index contributed by atoms with van der Waals surface area (Å²) in [6.07, 6.45) is 1.87. The molecular formula is C4H6F2N2O. The van der Waals surface area contributed by atoms with Gasteiger partial charge >= 0.3 is 6.61 Å². The summed E-state index contributed by atoms with van der Waals surface area (Å²) in [6.45, 7) is -2.95. The molecule has 0 saturated carbocycles. The predicted molar refractivity (Wildman–Crippen MR) is 28.1 cm³/mol. The van der Waals surface area contributed by atoms with Crippen LogP contribution in [0.2, 0.25) is 0 Å². The van der Waals surface area contributed by atoms with Gasteiger partial charge in [-0.05, 0) is 6.20 Å². The van der Waals surface area contributed by atoms with E-state index < -0.39 is 12.5 Å². The molecule has 0 aliphatic heterocycles. The maximum Gasteiger partial charge on any atom is 0.388 e. The minimum Gasteiger partial charge on any atom is -0.417 e. The highest BCUT2D eigenvalue weighted by molar-refractivity contribution is 5.84. The fraction of sp³-hybridized carbons (Fsp3) is 0.250. The van der Waals surface area contributed by atoms with E-state index in [-0.39, 0.29) is 0 Å². The molecule has 0 heterocycles. The molecule has 52 valence electrons. The van der Waals surface area contributed by atoms with Gasteiger partial charge in [0.15, 0.2) is 0 Å². The molecule has 0 bridgehead atoms. The van der Waals surface area contributed by atoms with Crippen LogP contribution in [0.3, 0.4) is 0 Å². The summed E-state index contributed by atoms with van der Waals surface area (Å²) in [5.41, 5.74) is 4.76. The molecule has 0 aromatic rings. The highest BCUT2D eigenvalue weighted by Crippen LogP contribution is 1.94. The maximum absolute atomic E-state index is 11.2. The van der Waals surface area contributed by atoms with Gasteiger partial charge in [0.2, 0.25) is 5.90 Å². The molecular weight excluding hydrogens is 130 g/mol. The number of alkyl halides is 2. The van der Waals surface area contributed by atoms with Crippen LogP contribution in [0.4, 0.5) is 8.78 Å². The van der Waals surface area contributed by atoms with Crippen LogP contribution in [0, 0.1) is 5.41 Å². The molecule has 0 rings (SSSR count). The Morgan fingerprint density at radius 2 is 2.22 bits per heavy atom. The van der Waals surface area contributed by atoms with Crippen LogP contribution in [0.5, 0.6) is 0 Å². The molecule has 0 aromatic carbocycles. The third-order valence-corrected chi connectivity index (χ3v) is 0.464. The molecule has 9 heavy (non-hydrogen) atoms. The topological polar surface area (TPSA) is 59.1 Å². The Kier molecular flexibility index (Phi) is 3.34. The van der Waals surface area contributed by atoms with Gasteiger partial charge in [0, 0.05) is 6.08 Å². The van der Waals surface area contributed by atoms with Crippen molar-refractivity contribution in [1.82, 2.24) is 0 Å². The molecule has 0 fully saturated rings. The number of ether oxygens (including phenoxy) is 1. The van der Waals surface area contributed by atoms with E-state index in [0.717, 1.165) is 12.3 Å². The fourth-order valence-corrected chi connectivity index (χ4v) is 0.223. The summed E-state index contributed by atoms with van der Waals surface area (Å²) in [5, 5.41) is 6.55. The van der Waals surface area contributed by atoms with Crippen molar-refractivity contribution in [2.24, 2.45) is 5.73 Å². The van der Waals surface area contributed by atoms with E-state index in [4.69, 9.17) is 11.1 Å². The summed E-state index contributed by atoms with van der Waals surface area (Å²) in [7, 11) is 0. The molecule has 0 spiro atoms. The summed E-state index contributed by atoms with van der Waals surface area (Å²) in [5.74, 6) is -0.646. The Bertz CT molecular complexity index is 124. The molecule has 3 N–H and O–H groups in total. The predicted octanol–water partition coefficient (Wildman–Crippen LogP) is 0.675. The first-order chi connectivity index (χ1) is 4.16. The van der Waals surface area contributed by atoms with Crippen LogP contribution < -0.4 is 5.73 Å². The number of nitrogens with one attached hydrogen (secondary N) is 1. The first kappa shape index (κ1) is 7.87. The Hall–Kier alpha value is -1.13. The van der Waals surface area contributed by atoms with E-state index in [0.29, 0.717) is 0 Å². The van der Waals surface area contributed by atoms with Crippen LogP contribution in [-0.4, -0.2) is 12.5 Å². The van der Waals surface area contributed by atoms with Gasteiger partial charge < -0.3 is 10.5 Å². The second kappa shape index (κ2) is 3.82. The summed E-state index contributed by atoms with van der Waals surface area (Å²) in [4.78, 5) is 0. The Labute approximate surface area is 50.6 Å². The molecule has 0 unspecified atom stereocenters. The quantitative estimate of drug-likeness (QED) is 0.433. The molecule has 0 aromatic heterocycles. The lowest BCUT2D eigenvalue weighted by Gasteiger charge is -1.98. The standard InChI is InChI=1S/C4H6F2N2O/c5-4(6)9-3(8)1-2-7/h1-2,4,8H,7H2/b2-1-,8-3?. The van der Waals surface area contributed by atoms with Crippen molar-refractivity contribution >= 4 is 5.90 Å². The van der Waals surface area contributed by atoms with Gasteiger partial charge in [0.05, 0.1) is 0 Å². The van der Waals surface area contributed by atoms with Crippen LogP contribution >= 0.6 is 0 Å². The Morgan fingerprint density at radius 1 is 1.67 bits per heavy atom. The van der Waals surface area contributed by atoms with Crippen molar-refractivity contribution in [2.75, 3.05) is 0 Å². The average Bonchev–Trinajstić information content (AvgIpc) is 1.63. The minimum atomic E-state index is -2.95. The van der Waals surface area contributed by atoms with Gasteiger partial charge in [-0.1, -0.05) is 0 Å². The zero-order chi connectivity index (χ0) is 7.28. The summed E-state index contributed by atoms with van der Waals surface area (Å²) >= 11 is 0. The first-order valence-corrected chi connectivity index (χ1v) is 2.08. The van der Waals surface area contributed by atoms with Crippen molar-refractivity contribution in [3.63, 3.8) is 0 Å². The highest BCUT2D eigenvalue weighted by atomic mass is 19.3. The van der Waals surface area contributed by atoms with Crippen molar-refractivity contribution in [1.29, 1.82) is 5.41 Å². The Balaban J connectivity index is 3.51. The fourth-order valence-electron chi connectivity index (χ4n) is 0.223. The van der Waals surface area contributed by atoms with Crippen LogP contribution in [0.25, 0.3) is 0 Å². The molecule has 0 saturated heterocycles. The van der Waals surface area contributed by atoms with Gasteiger partial charge in [-0.15, -0.1) is 0 Å². The highest BCUT2D eigenvalue weighted by Gasteiger charge is 2.02. The van der Waals surface area contributed by atoms with Gasteiger partial charge in [-0.3, -0.25) is 5.41 Å².